The van der Waals surface area contributed by atoms with E-state index in [4.69, 9.17) is 10.2 Å². The molecule has 2 atom stereocenters. The van der Waals surface area contributed by atoms with Crippen LogP contribution < -0.4 is 0 Å². The van der Waals surface area contributed by atoms with Gasteiger partial charge in [-0.05, 0) is 25.7 Å². The molecule has 44 heavy (non-hydrogen) atoms. The van der Waals surface area contributed by atoms with Crippen LogP contribution in [0.4, 0.5) is 52.7 Å². The van der Waals surface area contributed by atoms with Gasteiger partial charge in [0.2, 0.25) is 0 Å². The summed E-state index contributed by atoms with van der Waals surface area (Å²) in [5.41, 5.74) is 0. The summed E-state index contributed by atoms with van der Waals surface area (Å²) in [6.45, 7) is 0.0713. The van der Waals surface area contributed by atoms with Crippen molar-refractivity contribution in [3.05, 3.63) is 0 Å². The van der Waals surface area contributed by atoms with Gasteiger partial charge in [-0.1, -0.05) is 122 Å². The van der Waals surface area contributed by atoms with Crippen molar-refractivity contribution in [3.8, 4) is 0 Å². The maximum atomic E-state index is 14.4. The van der Waals surface area contributed by atoms with Gasteiger partial charge in [0, 0.05) is 33.9 Å². The van der Waals surface area contributed by atoms with Crippen LogP contribution in [0.25, 0.3) is 0 Å². The quantitative estimate of drug-likeness (QED) is 0.0373. The molecule has 266 valence electrons. The second kappa shape index (κ2) is 20.1. The number of unbranched alkanes of at least 4 members (excludes halogenated alkanes) is 12. The average molecular weight is 894 g/mol. The summed E-state index contributed by atoms with van der Waals surface area (Å²) in [7, 11) is 0. The monoisotopic (exact) mass is 894 g/mol. The number of aliphatic hydroxyl groups excluding tert-OH is 2. The molecule has 16 heteroatoms. The molecule has 0 spiro atoms. The van der Waals surface area contributed by atoms with Crippen LogP contribution in [-0.2, 0) is 0 Å². The Morgan fingerprint density at radius 2 is 0.591 bits per heavy atom. The maximum Gasteiger partial charge on any atom is 0.384 e. The minimum Gasteiger partial charge on any atom is -0.396 e. The first-order valence-corrected chi connectivity index (χ1v) is 17.4. The van der Waals surface area contributed by atoms with Crippen molar-refractivity contribution >= 4 is 45.2 Å². The number of hydrogen-bond donors (Lipinski definition) is 2. The zero-order valence-corrected chi connectivity index (χ0v) is 28.8. The van der Waals surface area contributed by atoms with Gasteiger partial charge < -0.3 is 10.2 Å². The SMILES string of the molecule is OCCCCCCCCCC(I)CC(F)(F)C(F)(F)C(F)(F)C(F)(F)C(F)(F)C(F)(F)CC(I)CCCCCCCCCO. The van der Waals surface area contributed by atoms with Crippen LogP contribution in [-0.4, -0.2) is 66.8 Å². The van der Waals surface area contributed by atoms with Gasteiger partial charge >= 0.3 is 35.5 Å². The van der Waals surface area contributed by atoms with Crippen molar-refractivity contribution < 1.29 is 62.9 Å². The second-order valence-electron chi connectivity index (χ2n) is 11.3. The van der Waals surface area contributed by atoms with E-state index in [0.717, 1.165) is 38.5 Å². The lowest BCUT2D eigenvalue weighted by atomic mass is 9.88. The normalized spacial score (nSPS) is 15.5. The van der Waals surface area contributed by atoms with E-state index in [2.05, 4.69) is 0 Å². The number of aliphatic hydroxyl groups is 2. The van der Waals surface area contributed by atoms with Crippen LogP contribution in [0.3, 0.4) is 0 Å². The van der Waals surface area contributed by atoms with Crippen LogP contribution in [0.2, 0.25) is 0 Å². The van der Waals surface area contributed by atoms with E-state index in [0.29, 0.717) is 38.5 Å². The maximum absolute atomic E-state index is 14.4. The fourth-order valence-electron chi connectivity index (χ4n) is 4.59. The van der Waals surface area contributed by atoms with E-state index in [1.165, 1.54) is 45.2 Å². The molecule has 0 saturated heterocycles. The van der Waals surface area contributed by atoms with E-state index >= 15 is 0 Å². The molecule has 2 unspecified atom stereocenters. The highest BCUT2D eigenvalue weighted by Gasteiger charge is 2.89. The van der Waals surface area contributed by atoms with Gasteiger partial charge in [-0.15, -0.1) is 0 Å². The molecule has 0 radical (unpaired) electrons. The summed E-state index contributed by atoms with van der Waals surface area (Å²) in [6.07, 6.45) is 4.00. The third-order valence-corrected chi connectivity index (χ3v) is 9.53. The molecular weight excluding hydrogens is 850 g/mol. The Morgan fingerprint density at radius 1 is 0.364 bits per heavy atom. The van der Waals surface area contributed by atoms with Crippen LogP contribution >= 0.6 is 45.2 Å². The van der Waals surface area contributed by atoms with Crippen LogP contribution in [0.5, 0.6) is 0 Å². The zero-order valence-electron chi connectivity index (χ0n) is 24.5. The first-order valence-electron chi connectivity index (χ1n) is 14.9. The Bertz CT molecular complexity index is 711. The summed E-state index contributed by atoms with van der Waals surface area (Å²) in [4.78, 5) is 0. The highest BCUT2D eigenvalue weighted by Crippen LogP contribution is 2.61. The van der Waals surface area contributed by atoms with Crippen LogP contribution in [0.1, 0.15) is 116 Å². The van der Waals surface area contributed by atoms with Crippen molar-refractivity contribution in [2.45, 2.75) is 159 Å². The third kappa shape index (κ3) is 12.9. The third-order valence-electron chi connectivity index (χ3n) is 7.41. The van der Waals surface area contributed by atoms with Crippen LogP contribution in [0, 0.1) is 0 Å². The predicted octanol–water partition coefficient (Wildman–Crippen LogP) is 11.4. The lowest BCUT2D eigenvalue weighted by molar-refractivity contribution is -0.425. The lowest BCUT2D eigenvalue weighted by Crippen LogP contribution is -2.70. The molecule has 0 aromatic carbocycles. The highest BCUT2D eigenvalue weighted by molar-refractivity contribution is 14.1. The molecule has 0 aromatic rings. The minimum atomic E-state index is -7.52. The van der Waals surface area contributed by atoms with Gasteiger partial charge in [0.15, 0.2) is 0 Å². The van der Waals surface area contributed by atoms with Crippen molar-refractivity contribution in [3.63, 3.8) is 0 Å². The number of hydrogen-bond acceptors (Lipinski definition) is 2. The number of rotatable bonds is 27. The van der Waals surface area contributed by atoms with Crippen molar-refractivity contribution in [2.75, 3.05) is 13.2 Å². The predicted molar refractivity (Wildman–Crippen MR) is 163 cm³/mol. The number of alkyl halides is 14. The Morgan fingerprint density at radius 3 is 0.841 bits per heavy atom. The Hall–Kier alpha value is 0.540. The summed E-state index contributed by atoms with van der Waals surface area (Å²) < 4.78 is 169. The van der Waals surface area contributed by atoms with E-state index < -0.39 is 56.2 Å². The van der Waals surface area contributed by atoms with Crippen molar-refractivity contribution in [2.24, 2.45) is 0 Å². The highest BCUT2D eigenvalue weighted by atomic mass is 127. The van der Waals surface area contributed by atoms with Crippen molar-refractivity contribution in [1.82, 2.24) is 0 Å². The fourth-order valence-corrected chi connectivity index (χ4v) is 6.58. The van der Waals surface area contributed by atoms with Gasteiger partial charge in [-0.25, -0.2) is 0 Å². The molecule has 0 rings (SSSR count). The molecule has 2 N–H and O–H groups in total. The van der Waals surface area contributed by atoms with E-state index in [9.17, 15) is 52.7 Å². The Balaban J connectivity index is 5.27. The number of halogens is 14. The van der Waals surface area contributed by atoms with E-state index in [1.807, 2.05) is 0 Å². The standard InChI is InChI=1S/C28H44F12I2O2/c29-23(30,19-21(41)15-11-7-3-1-5-9-13-17-43)25(33,34)27(37,38)28(39,40)26(35,36)24(31,32)20-22(42)16-12-8-4-2-6-10-14-18-44/h21-22,43-44H,1-20H2. The van der Waals surface area contributed by atoms with E-state index in [-0.39, 0.29) is 38.9 Å². The summed E-state index contributed by atoms with van der Waals surface area (Å²) in [5.74, 6) is -41.0. The van der Waals surface area contributed by atoms with Gasteiger partial charge in [0.25, 0.3) is 0 Å². The average Bonchev–Trinajstić information content (AvgIpc) is 2.90. The van der Waals surface area contributed by atoms with E-state index in [1.54, 1.807) is 0 Å². The first kappa shape index (κ1) is 44.5. The lowest BCUT2D eigenvalue weighted by Gasteiger charge is -2.42. The Labute approximate surface area is 279 Å². The molecule has 0 aliphatic rings. The molecule has 0 saturated carbocycles. The van der Waals surface area contributed by atoms with Crippen LogP contribution in [0.15, 0.2) is 0 Å². The molecule has 0 bridgehead atoms. The second-order valence-corrected chi connectivity index (χ2v) is 14.8. The fraction of sp³-hybridized carbons (Fsp3) is 1.00. The molecule has 0 heterocycles. The van der Waals surface area contributed by atoms with Gasteiger partial charge in [-0.2, -0.15) is 52.7 Å². The van der Waals surface area contributed by atoms with Gasteiger partial charge in [0.1, 0.15) is 0 Å². The topological polar surface area (TPSA) is 40.5 Å². The molecule has 0 amide bonds. The van der Waals surface area contributed by atoms with Gasteiger partial charge in [0.05, 0.1) is 0 Å². The summed E-state index contributed by atoms with van der Waals surface area (Å²) >= 11 is 2.50. The van der Waals surface area contributed by atoms with Crippen molar-refractivity contribution in [1.29, 1.82) is 0 Å². The summed E-state index contributed by atoms with van der Waals surface area (Å²) in [6, 6.07) is 0. The molecule has 0 aliphatic carbocycles. The first-order chi connectivity index (χ1) is 20.2. The Kier molecular flexibility index (Phi) is 20.4. The molecule has 0 aromatic heterocycles. The molecular formula is C28H44F12I2O2. The molecule has 2 nitrogen and oxygen atoms in total. The minimum absolute atomic E-state index is 0.0356. The largest absolute Gasteiger partial charge is 0.396 e. The molecule has 0 aliphatic heterocycles. The summed E-state index contributed by atoms with van der Waals surface area (Å²) in [5, 5.41) is 17.4. The molecule has 0 fully saturated rings. The smallest absolute Gasteiger partial charge is 0.384 e. The van der Waals surface area contributed by atoms with Gasteiger partial charge in [-0.3, -0.25) is 0 Å². The zero-order chi connectivity index (χ0) is 34.3.